The van der Waals surface area contributed by atoms with E-state index in [2.05, 4.69) is 9.97 Å². The third kappa shape index (κ3) is 3.67. The van der Waals surface area contributed by atoms with Gasteiger partial charge in [-0.25, -0.2) is 9.37 Å². The molecule has 4 heterocycles. The molecule has 150 valence electrons. The fraction of sp³-hybridized carbons (Fsp3) is 0.300. The minimum atomic E-state index is -1.23. The second-order valence-electron chi connectivity index (χ2n) is 7.44. The third-order valence-corrected chi connectivity index (χ3v) is 5.52. The van der Waals surface area contributed by atoms with E-state index < -0.39 is 11.6 Å². The van der Waals surface area contributed by atoms with Crippen molar-refractivity contribution in [2.75, 3.05) is 13.1 Å². The summed E-state index contributed by atoms with van der Waals surface area (Å²) in [4.78, 5) is 34.3. The molecule has 0 saturated carbocycles. The molecule has 0 aromatic carbocycles. The summed E-state index contributed by atoms with van der Waals surface area (Å²) in [6, 6.07) is 3.27. The van der Waals surface area contributed by atoms with E-state index in [1.54, 1.807) is 40.9 Å². The number of hydrogen-bond acceptors (Lipinski definition) is 4. The lowest BCUT2D eigenvalue weighted by molar-refractivity contribution is 0.0503. The van der Waals surface area contributed by atoms with E-state index in [0.717, 1.165) is 0 Å². The Bertz CT molecular complexity index is 1120. The van der Waals surface area contributed by atoms with Crippen molar-refractivity contribution < 1.29 is 14.0 Å². The summed E-state index contributed by atoms with van der Waals surface area (Å²) in [6.07, 6.45) is 6.69. The first-order valence-electron chi connectivity index (χ1n) is 9.15. The van der Waals surface area contributed by atoms with Gasteiger partial charge < -0.3 is 10.6 Å². The van der Waals surface area contributed by atoms with Crippen LogP contribution in [0.25, 0.3) is 16.7 Å². The summed E-state index contributed by atoms with van der Waals surface area (Å²) >= 11 is 6.38. The molecule has 1 fully saturated rings. The minimum absolute atomic E-state index is 0.198. The minimum Gasteiger partial charge on any atom is -0.366 e. The Balaban J connectivity index is 1.68. The van der Waals surface area contributed by atoms with Gasteiger partial charge in [0.25, 0.3) is 5.91 Å². The number of halogens is 2. The Kier molecular flexibility index (Phi) is 4.74. The van der Waals surface area contributed by atoms with Crippen LogP contribution in [-0.4, -0.2) is 50.0 Å². The van der Waals surface area contributed by atoms with Gasteiger partial charge in [-0.1, -0.05) is 11.6 Å². The van der Waals surface area contributed by atoms with Crippen molar-refractivity contribution >= 4 is 34.4 Å². The molecule has 3 aromatic heterocycles. The topological polar surface area (TPSA) is 94.1 Å². The van der Waals surface area contributed by atoms with E-state index in [1.807, 2.05) is 0 Å². The highest BCUT2D eigenvalue weighted by molar-refractivity contribution is 6.35. The van der Waals surface area contributed by atoms with Crippen LogP contribution in [0, 0.1) is 0 Å². The molecule has 0 spiro atoms. The Labute approximate surface area is 171 Å². The number of fused-ring (bicyclic) bond motifs is 1. The molecule has 0 aliphatic carbocycles. The van der Waals surface area contributed by atoms with E-state index in [4.69, 9.17) is 17.3 Å². The lowest BCUT2D eigenvalue weighted by Crippen LogP contribution is -2.43. The highest BCUT2D eigenvalue weighted by atomic mass is 35.5. The molecule has 0 bridgehead atoms. The summed E-state index contributed by atoms with van der Waals surface area (Å²) in [6.45, 7) is 2.29. The molecular weight excluding hydrogens is 397 g/mol. The Morgan fingerprint density at radius 1 is 1.17 bits per heavy atom. The van der Waals surface area contributed by atoms with Crippen LogP contribution < -0.4 is 5.73 Å². The van der Waals surface area contributed by atoms with Crippen molar-refractivity contribution in [3.63, 3.8) is 0 Å². The van der Waals surface area contributed by atoms with Crippen LogP contribution in [0.15, 0.2) is 36.9 Å². The van der Waals surface area contributed by atoms with Gasteiger partial charge in [-0.15, -0.1) is 0 Å². The fourth-order valence-electron chi connectivity index (χ4n) is 3.44. The van der Waals surface area contributed by atoms with Crippen LogP contribution in [-0.2, 0) is 0 Å². The zero-order valence-corrected chi connectivity index (χ0v) is 16.5. The van der Waals surface area contributed by atoms with Crippen molar-refractivity contribution in [3.8, 4) is 5.69 Å². The standard InChI is InChI=1S/C20H19ClFN5O2/c1-20(22)2-4-26(5-3-20)19(29)13-7-15-16(21)11-27(18(15)25-9-13)14-6-12(17(23)28)8-24-10-14/h6-11H,2-5H2,1H3,(H2,23,28). The lowest BCUT2D eigenvalue weighted by atomic mass is 9.95. The highest BCUT2D eigenvalue weighted by Crippen LogP contribution is 2.30. The molecular formula is C20H19ClFN5O2. The number of carbonyl (C=O) groups is 2. The number of amides is 2. The molecule has 9 heteroatoms. The first-order valence-corrected chi connectivity index (χ1v) is 9.53. The molecule has 1 saturated heterocycles. The van der Waals surface area contributed by atoms with Crippen LogP contribution >= 0.6 is 11.6 Å². The quantitative estimate of drug-likeness (QED) is 0.711. The molecule has 4 rings (SSSR count). The van der Waals surface area contributed by atoms with Crippen LogP contribution in [0.4, 0.5) is 4.39 Å². The van der Waals surface area contributed by atoms with Gasteiger partial charge >= 0.3 is 0 Å². The van der Waals surface area contributed by atoms with Crippen LogP contribution in [0.5, 0.6) is 0 Å². The Morgan fingerprint density at radius 2 is 1.90 bits per heavy atom. The van der Waals surface area contributed by atoms with E-state index in [1.165, 1.54) is 12.4 Å². The zero-order chi connectivity index (χ0) is 20.8. The first-order chi connectivity index (χ1) is 13.7. The smallest absolute Gasteiger partial charge is 0.255 e. The highest BCUT2D eigenvalue weighted by Gasteiger charge is 2.32. The number of alkyl halides is 1. The average Bonchev–Trinajstić information content (AvgIpc) is 3.03. The zero-order valence-electron chi connectivity index (χ0n) is 15.7. The molecule has 29 heavy (non-hydrogen) atoms. The van der Waals surface area contributed by atoms with Gasteiger partial charge in [-0.2, -0.15) is 0 Å². The largest absolute Gasteiger partial charge is 0.366 e. The van der Waals surface area contributed by atoms with Crippen LogP contribution in [0.2, 0.25) is 5.02 Å². The van der Waals surface area contributed by atoms with Gasteiger partial charge in [-0.05, 0) is 31.9 Å². The molecule has 1 aliphatic heterocycles. The third-order valence-electron chi connectivity index (χ3n) is 5.22. The summed E-state index contributed by atoms with van der Waals surface area (Å²) in [5, 5.41) is 0.996. The summed E-state index contributed by atoms with van der Waals surface area (Å²) in [7, 11) is 0. The predicted octanol–water partition coefficient (Wildman–Crippen LogP) is 3.14. The second-order valence-corrected chi connectivity index (χ2v) is 7.85. The maximum Gasteiger partial charge on any atom is 0.255 e. The number of aromatic nitrogens is 3. The molecule has 3 aromatic rings. The molecule has 2 amide bonds. The van der Waals surface area contributed by atoms with E-state index in [9.17, 15) is 14.0 Å². The maximum atomic E-state index is 14.0. The van der Waals surface area contributed by atoms with E-state index in [-0.39, 0.29) is 11.5 Å². The van der Waals surface area contributed by atoms with Gasteiger partial charge in [0, 0.05) is 37.1 Å². The van der Waals surface area contributed by atoms with Gasteiger partial charge in [0.1, 0.15) is 11.3 Å². The molecule has 0 atom stereocenters. The normalized spacial score (nSPS) is 16.2. The van der Waals surface area contributed by atoms with E-state index in [0.29, 0.717) is 53.2 Å². The number of nitrogens with zero attached hydrogens (tertiary/aromatic N) is 4. The van der Waals surface area contributed by atoms with Crippen molar-refractivity contribution in [1.82, 2.24) is 19.4 Å². The number of nitrogens with two attached hydrogens (primary N) is 1. The van der Waals surface area contributed by atoms with Crippen LogP contribution in [0.3, 0.4) is 0 Å². The Hall–Kier alpha value is -3.00. The van der Waals surface area contributed by atoms with Crippen molar-refractivity contribution in [3.05, 3.63) is 53.1 Å². The summed E-state index contributed by atoms with van der Waals surface area (Å²) in [5.74, 6) is -0.787. The van der Waals surface area contributed by atoms with Crippen molar-refractivity contribution in [2.45, 2.75) is 25.4 Å². The van der Waals surface area contributed by atoms with Crippen LogP contribution in [0.1, 0.15) is 40.5 Å². The first kappa shape index (κ1) is 19.3. The molecule has 0 radical (unpaired) electrons. The number of rotatable bonds is 3. The van der Waals surface area contributed by atoms with Crippen molar-refractivity contribution in [2.24, 2.45) is 5.73 Å². The number of likely N-dealkylation sites (tertiary alicyclic amines) is 1. The number of carbonyl (C=O) groups excluding carboxylic acids is 2. The van der Waals surface area contributed by atoms with Gasteiger partial charge in [0.15, 0.2) is 0 Å². The second kappa shape index (κ2) is 7.11. The molecule has 7 nitrogen and oxygen atoms in total. The SMILES string of the molecule is CC1(F)CCN(C(=O)c2cnc3c(c2)c(Cl)cn3-c2cncc(C(N)=O)c2)CC1. The van der Waals surface area contributed by atoms with Gasteiger partial charge in [0.2, 0.25) is 5.91 Å². The van der Waals surface area contributed by atoms with E-state index >= 15 is 0 Å². The number of piperidine rings is 1. The number of pyridine rings is 2. The number of primary amides is 1. The lowest BCUT2D eigenvalue weighted by Gasteiger charge is -2.34. The fourth-order valence-corrected chi connectivity index (χ4v) is 3.67. The molecule has 0 unspecified atom stereocenters. The maximum absolute atomic E-state index is 14.0. The molecule has 1 aliphatic rings. The van der Waals surface area contributed by atoms with Crippen molar-refractivity contribution in [1.29, 1.82) is 0 Å². The number of hydrogen-bond donors (Lipinski definition) is 1. The Morgan fingerprint density at radius 3 is 2.59 bits per heavy atom. The monoisotopic (exact) mass is 415 g/mol. The predicted molar refractivity (Wildman–Crippen MR) is 107 cm³/mol. The molecule has 2 N–H and O–H groups in total. The summed E-state index contributed by atoms with van der Waals surface area (Å²) < 4.78 is 15.7. The average molecular weight is 416 g/mol. The van der Waals surface area contributed by atoms with Gasteiger partial charge in [-0.3, -0.25) is 19.1 Å². The van der Waals surface area contributed by atoms with Gasteiger partial charge in [0.05, 0.1) is 28.0 Å². The summed E-state index contributed by atoms with van der Waals surface area (Å²) in [5.41, 5.74) is 5.84.